The molecular weight excluding hydrogens is 275 g/mol. The summed E-state index contributed by atoms with van der Waals surface area (Å²) in [7, 11) is 0. The number of hydrogen-bond acceptors (Lipinski definition) is 3. The maximum absolute atomic E-state index is 6.04. The van der Waals surface area contributed by atoms with Crippen LogP contribution in [0.2, 0.25) is 5.15 Å². The summed E-state index contributed by atoms with van der Waals surface area (Å²) >= 11 is 13.5. The van der Waals surface area contributed by atoms with Gasteiger partial charge in [0.25, 0.3) is 0 Å². The molecule has 2 rings (SSSR count). The summed E-state index contributed by atoms with van der Waals surface area (Å²) in [5.74, 6) is 0.455. The highest BCUT2D eigenvalue weighted by Gasteiger charge is 2.29. The Morgan fingerprint density at radius 1 is 1.41 bits per heavy atom. The van der Waals surface area contributed by atoms with Crippen LogP contribution in [0.25, 0.3) is 0 Å². The molecule has 1 aromatic heterocycles. The Bertz CT molecular complexity index is 384. The van der Waals surface area contributed by atoms with Crippen LogP contribution in [0.15, 0.2) is 0 Å². The largest absolute Gasteiger partial charge is 0.348 e. The molecule has 0 saturated carbocycles. The van der Waals surface area contributed by atoms with Gasteiger partial charge < -0.3 is 4.90 Å². The Kier molecular flexibility index (Phi) is 4.22. The Labute approximate surface area is 117 Å². The molecule has 0 unspecified atom stereocenters. The first-order valence-corrected chi connectivity index (χ1v) is 7.77. The van der Waals surface area contributed by atoms with Gasteiger partial charge in [-0.2, -0.15) is 0 Å². The summed E-state index contributed by atoms with van der Waals surface area (Å²) in [5, 5.41) is 1.60. The minimum Gasteiger partial charge on any atom is -0.348 e. The SMILES string of the molecule is CCC1(C)CCN(c2nc(Cl)c(CCl)s2)CC1. The lowest BCUT2D eigenvalue weighted by atomic mass is 9.78. The number of halogens is 2. The third-order valence-corrected chi connectivity index (χ3v) is 5.82. The number of aromatic nitrogens is 1. The van der Waals surface area contributed by atoms with E-state index in [0.717, 1.165) is 23.1 Å². The molecule has 0 bridgehead atoms. The van der Waals surface area contributed by atoms with E-state index in [-0.39, 0.29) is 0 Å². The Hall–Kier alpha value is 0.01000. The monoisotopic (exact) mass is 292 g/mol. The van der Waals surface area contributed by atoms with E-state index >= 15 is 0 Å². The summed E-state index contributed by atoms with van der Waals surface area (Å²) in [4.78, 5) is 7.72. The fourth-order valence-electron chi connectivity index (χ4n) is 2.13. The van der Waals surface area contributed by atoms with Gasteiger partial charge in [0.05, 0.1) is 10.8 Å². The molecule has 5 heteroatoms. The molecule has 0 N–H and O–H groups in total. The first-order valence-electron chi connectivity index (χ1n) is 6.04. The number of anilines is 1. The van der Waals surface area contributed by atoms with Gasteiger partial charge in [-0.15, -0.1) is 11.6 Å². The van der Waals surface area contributed by atoms with Crippen molar-refractivity contribution in [2.24, 2.45) is 5.41 Å². The van der Waals surface area contributed by atoms with E-state index in [1.807, 2.05) is 0 Å². The quantitative estimate of drug-likeness (QED) is 0.760. The van der Waals surface area contributed by atoms with Crippen molar-refractivity contribution in [1.29, 1.82) is 0 Å². The molecule has 0 amide bonds. The molecule has 96 valence electrons. The van der Waals surface area contributed by atoms with Crippen molar-refractivity contribution in [3.05, 3.63) is 10.0 Å². The van der Waals surface area contributed by atoms with Gasteiger partial charge in [0.1, 0.15) is 5.15 Å². The molecule has 1 saturated heterocycles. The molecular formula is C12H18Cl2N2S. The van der Waals surface area contributed by atoms with Gasteiger partial charge in [-0.25, -0.2) is 4.98 Å². The van der Waals surface area contributed by atoms with Crippen LogP contribution < -0.4 is 4.90 Å². The van der Waals surface area contributed by atoms with Crippen molar-refractivity contribution in [3.63, 3.8) is 0 Å². The van der Waals surface area contributed by atoms with Crippen molar-refractivity contribution >= 4 is 39.7 Å². The first kappa shape index (κ1) is 13.4. The highest BCUT2D eigenvalue weighted by molar-refractivity contribution is 7.16. The number of rotatable bonds is 3. The summed E-state index contributed by atoms with van der Waals surface area (Å²) in [6.45, 7) is 6.82. The number of piperidine rings is 1. The summed E-state index contributed by atoms with van der Waals surface area (Å²) in [6, 6.07) is 0. The average Bonchev–Trinajstić information content (AvgIpc) is 2.71. The van der Waals surface area contributed by atoms with E-state index in [1.165, 1.54) is 19.3 Å². The molecule has 2 nitrogen and oxygen atoms in total. The van der Waals surface area contributed by atoms with Gasteiger partial charge in [-0.3, -0.25) is 0 Å². The standard InChI is InChI=1S/C12H18Cl2N2S/c1-3-12(2)4-6-16(7-5-12)11-15-10(14)9(8-13)17-11/h3-8H2,1-2H3. The van der Waals surface area contributed by atoms with Crippen LogP contribution in [-0.2, 0) is 5.88 Å². The fourth-order valence-corrected chi connectivity index (χ4v) is 3.66. The first-order chi connectivity index (χ1) is 8.08. The van der Waals surface area contributed by atoms with Gasteiger partial charge >= 0.3 is 0 Å². The molecule has 2 heterocycles. The normalized spacial score (nSPS) is 19.6. The summed E-state index contributed by atoms with van der Waals surface area (Å²) < 4.78 is 0. The minimum absolute atomic E-state index is 0.455. The third kappa shape index (κ3) is 2.88. The average molecular weight is 293 g/mol. The molecule has 1 aromatic rings. The van der Waals surface area contributed by atoms with Crippen molar-refractivity contribution < 1.29 is 0 Å². The van der Waals surface area contributed by atoms with Crippen LogP contribution in [-0.4, -0.2) is 18.1 Å². The second-order valence-corrected chi connectivity index (χ2v) is 6.68. The number of hydrogen-bond donors (Lipinski definition) is 0. The lowest BCUT2D eigenvalue weighted by Gasteiger charge is -2.38. The van der Waals surface area contributed by atoms with E-state index in [0.29, 0.717) is 16.4 Å². The van der Waals surface area contributed by atoms with Gasteiger partial charge in [0.15, 0.2) is 5.13 Å². The van der Waals surface area contributed by atoms with E-state index in [1.54, 1.807) is 11.3 Å². The lowest BCUT2D eigenvalue weighted by Crippen LogP contribution is -2.38. The van der Waals surface area contributed by atoms with Crippen LogP contribution in [0.1, 0.15) is 38.0 Å². The van der Waals surface area contributed by atoms with Crippen LogP contribution in [0.4, 0.5) is 5.13 Å². The van der Waals surface area contributed by atoms with Gasteiger partial charge in [-0.05, 0) is 18.3 Å². The molecule has 1 fully saturated rings. The molecule has 17 heavy (non-hydrogen) atoms. The summed E-state index contributed by atoms with van der Waals surface area (Å²) in [5.41, 5.74) is 0.507. The van der Waals surface area contributed by atoms with Crippen molar-refractivity contribution in [3.8, 4) is 0 Å². The van der Waals surface area contributed by atoms with Crippen LogP contribution in [0, 0.1) is 5.41 Å². The van der Waals surface area contributed by atoms with E-state index in [4.69, 9.17) is 23.2 Å². The summed E-state index contributed by atoms with van der Waals surface area (Å²) in [6.07, 6.45) is 3.72. The van der Waals surface area contributed by atoms with Crippen molar-refractivity contribution in [1.82, 2.24) is 4.98 Å². The molecule has 1 aliphatic rings. The van der Waals surface area contributed by atoms with Crippen molar-refractivity contribution in [2.45, 2.75) is 39.0 Å². The highest BCUT2D eigenvalue weighted by atomic mass is 35.5. The molecule has 0 atom stereocenters. The Morgan fingerprint density at radius 2 is 2.06 bits per heavy atom. The number of nitrogens with zero attached hydrogens (tertiary/aromatic N) is 2. The zero-order valence-electron chi connectivity index (χ0n) is 10.3. The third-order valence-electron chi connectivity index (χ3n) is 3.85. The van der Waals surface area contributed by atoms with Gasteiger partial charge in [0, 0.05) is 13.1 Å². The van der Waals surface area contributed by atoms with Crippen LogP contribution in [0.5, 0.6) is 0 Å². The van der Waals surface area contributed by atoms with Gasteiger partial charge in [-0.1, -0.05) is 43.2 Å². The van der Waals surface area contributed by atoms with E-state index in [2.05, 4.69) is 23.7 Å². The van der Waals surface area contributed by atoms with Crippen molar-refractivity contribution in [2.75, 3.05) is 18.0 Å². The van der Waals surface area contributed by atoms with Crippen LogP contribution >= 0.6 is 34.5 Å². The highest BCUT2D eigenvalue weighted by Crippen LogP contribution is 2.38. The fraction of sp³-hybridized carbons (Fsp3) is 0.750. The minimum atomic E-state index is 0.455. The zero-order chi connectivity index (χ0) is 12.5. The zero-order valence-corrected chi connectivity index (χ0v) is 12.6. The number of thiazole rings is 1. The molecule has 1 aliphatic heterocycles. The predicted molar refractivity (Wildman–Crippen MR) is 76.5 cm³/mol. The smallest absolute Gasteiger partial charge is 0.187 e. The molecule has 0 aliphatic carbocycles. The van der Waals surface area contributed by atoms with E-state index < -0.39 is 0 Å². The maximum Gasteiger partial charge on any atom is 0.187 e. The predicted octanol–water partition coefficient (Wildman–Crippen LogP) is 4.55. The lowest BCUT2D eigenvalue weighted by molar-refractivity contribution is 0.238. The number of alkyl halides is 1. The Morgan fingerprint density at radius 3 is 2.53 bits per heavy atom. The molecule has 0 aromatic carbocycles. The molecule has 0 spiro atoms. The van der Waals surface area contributed by atoms with Gasteiger partial charge in [0.2, 0.25) is 0 Å². The second-order valence-electron chi connectivity index (χ2n) is 5.00. The second kappa shape index (κ2) is 5.33. The van der Waals surface area contributed by atoms with E-state index in [9.17, 15) is 0 Å². The topological polar surface area (TPSA) is 16.1 Å². The molecule has 0 radical (unpaired) electrons. The van der Waals surface area contributed by atoms with Crippen LogP contribution in [0.3, 0.4) is 0 Å². The Balaban J connectivity index is 2.05. The maximum atomic E-state index is 6.04.